The fourth-order valence-electron chi connectivity index (χ4n) is 2.95. The number of ether oxygens (including phenoxy) is 1. The van der Waals surface area contributed by atoms with Crippen molar-refractivity contribution in [3.05, 3.63) is 17.5 Å². The highest BCUT2D eigenvalue weighted by molar-refractivity contribution is 5.13. The number of aromatic nitrogens is 2. The van der Waals surface area contributed by atoms with Gasteiger partial charge < -0.3 is 9.84 Å². The normalized spacial score (nSPS) is 27.4. The molecule has 1 N–H and O–H groups in total. The summed E-state index contributed by atoms with van der Waals surface area (Å²) in [6.07, 6.45) is 2.03. The zero-order valence-electron chi connectivity index (χ0n) is 11.9. The largest absolute Gasteiger partial charge is 0.389 e. The van der Waals surface area contributed by atoms with Gasteiger partial charge in [0, 0.05) is 25.1 Å². The lowest BCUT2D eigenvalue weighted by atomic mass is 9.81. The van der Waals surface area contributed by atoms with Gasteiger partial charge in [-0.3, -0.25) is 4.68 Å². The summed E-state index contributed by atoms with van der Waals surface area (Å²) < 4.78 is 7.66. The van der Waals surface area contributed by atoms with Gasteiger partial charge in [0.15, 0.2) is 0 Å². The molecule has 1 aromatic rings. The Labute approximate surface area is 109 Å². The smallest absolute Gasteiger partial charge is 0.0752 e. The van der Waals surface area contributed by atoms with Crippen LogP contribution in [0.15, 0.2) is 6.07 Å². The van der Waals surface area contributed by atoms with Crippen molar-refractivity contribution < 1.29 is 9.84 Å². The van der Waals surface area contributed by atoms with Crippen LogP contribution in [-0.4, -0.2) is 32.7 Å². The highest BCUT2D eigenvalue weighted by Crippen LogP contribution is 2.34. The van der Waals surface area contributed by atoms with Gasteiger partial charge in [0.2, 0.25) is 0 Å². The summed E-state index contributed by atoms with van der Waals surface area (Å²) in [6, 6.07) is 2.07. The topological polar surface area (TPSA) is 47.3 Å². The van der Waals surface area contributed by atoms with E-state index in [4.69, 9.17) is 4.74 Å². The van der Waals surface area contributed by atoms with E-state index < -0.39 is 5.60 Å². The van der Waals surface area contributed by atoms with Crippen molar-refractivity contribution >= 4 is 0 Å². The summed E-state index contributed by atoms with van der Waals surface area (Å²) >= 11 is 0. The second-order valence-electron chi connectivity index (χ2n) is 6.03. The number of hydrogen-bond acceptors (Lipinski definition) is 3. The van der Waals surface area contributed by atoms with Crippen molar-refractivity contribution in [2.45, 2.75) is 64.7 Å². The van der Waals surface area contributed by atoms with Gasteiger partial charge in [-0.05, 0) is 40.2 Å². The minimum absolute atomic E-state index is 0.237. The van der Waals surface area contributed by atoms with Crippen LogP contribution in [0, 0.1) is 6.92 Å². The average molecular weight is 252 g/mol. The summed E-state index contributed by atoms with van der Waals surface area (Å²) in [5.41, 5.74) is 1.23. The van der Waals surface area contributed by atoms with E-state index in [-0.39, 0.29) is 5.60 Å². The molecule has 18 heavy (non-hydrogen) atoms. The molecule has 0 spiro atoms. The van der Waals surface area contributed by atoms with Crippen molar-refractivity contribution in [1.82, 2.24) is 9.78 Å². The Morgan fingerprint density at radius 2 is 2.22 bits per heavy atom. The molecule has 1 atom stereocenters. The molecule has 2 heterocycles. The summed E-state index contributed by atoms with van der Waals surface area (Å²) in [5.74, 6) is 0. The molecule has 1 aliphatic heterocycles. The fraction of sp³-hybridized carbons (Fsp3) is 0.786. The molecule has 2 rings (SSSR count). The van der Waals surface area contributed by atoms with Crippen LogP contribution in [-0.2, 0) is 17.7 Å². The van der Waals surface area contributed by atoms with E-state index in [0.29, 0.717) is 25.9 Å². The zero-order valence-corrected chi connectivity index (χ0v) is 11.9. The van der Waals surface area contributed by atoms with Gasteiger partial charge in [-0.2, -0.15) is 5.10 Å². The lowest BCUT2D eigenvalue weighted by Crippen LogP contribution is -2.47. The Morgan fingerprint density at radius 3 is 2.83 bits per heavy atom. The van der Waals surface area contributed by atoms with Crippen LogP contribution in [0.2, 0.25) is 0 Å². The van der Waals surface area contributed by atoms with Crippen molar-refractivity contribution in [1.29, 1.82) is 0 Å². The molecule has 0 radical (unpaired) electrons. The Kier molecular flexibility index (Phi) is 3.52. The van der Waals surface area contributed by atoms with Gasteiger partial charge in [-0.15, -0.1) is 0 Å². The van der Waals surface area contributed by atoms with Crippen LogP contribution in [0.3, 0.4) is 0 Å². The Morgan fingerprint density at radius 1 is 1.50 bits per heavy atom. The van der Waals surface area contributed by atoms with Crippen LogP contribution >= 0.6 is 0 Å². The number of rotatable bonds is 3. The predicted molar refractivity (Wildman–Crippen MR) is 70.6 cm³/mol. The molecule has 4 nitrogen and oxygen atoms in total. The van der Waals surface area contributed by atoms with Crippen LogP contribution in [0.4, 0.5) is 0 Å². The van der Waals surface area contributed by atoms with E-state index >= 15 is 0 Å². The quantitative estimate of drug-likeness (QED) is 0.896. The maximum absolute atomic E-state index is 10.8. The van der Waals surface area contributed by atoms with E-state index in [1.54, 1.807) is 0 Å². The molecular formula is C14H24N2O2. The summed E-state index contributed by atoms with van der Waals surface area (Å²) in [6.45, 7) is 9.63. The molecule has 1 aromatic heterocycles. The number of nitrogens with zero attached hydrogens (tertiary/aromatic N) is 2. The van der Waals surface area contributed by atoms with Gasteiger partial charge in [0.05, 0.1) is 23.5 Å². The molecule has 0 aromatic carbocycles. The van der Waals surface area contributed by atoms with Gasteiger partial charge in [-0.25, -0.2) is 0 Å². The molecule has 1 unspecified atom stereocenters. The number of aliphatic hydroxyl groups is 1. The van der Waals surface area contributed by atoms with Crippen LogP contribution in [0.25, 0.3) is 0 Å². The monoisotopic (exact) mass is 252 g/mol. The summed E-state index contributed by atoms with van der Waals surface area (Å²) in [4.78, 5) is 0. The molecule has 0 saturated carbocycles. The zero-order chi connectivity index (χ0) is 13.4. The first-order chi connectivity index (χ1) is 8.34. The van der Waals surface area contributed by atoms with E-state index in [2.05, 4.69) is 18.1 Å². The molecule has 1 aliphatic rings. The predicted octanol–water partition coefficient (Wildman–Crippen LogP) is 2.07. The van der Waals surface area contributed by atoms with Gasteiger partial charge in [0.25, 0.3) is 0 Å². The molecular weight excluding hydrogens is 228 g/mol. The van der Waals surface area contributed by atoms with Gasteiger partial charge in [-0.1, -0.05) is 0 Å². The fourth-order valence-corrected chi connectivity index (χ4v) is 2.95. The Balaban J connectivity index is 2.16. The lowest BCUT2D eigenvalue weighted by Gasteiger charge is -2.41. The standard InChI is InChI=1S/C14H24N2O2/c1-5-16-12(8-11(2)15-16)9-14(17)6-7-18-13(3,4)10-14/h8,17H,5-7,9-10H2,1-4H3. The molecule has 102 valence electrons. The Hall–Kier alpha value is -0.870. The molecule has 0 aliphatic carbocycles. The van der Waals surface area contributed by atoms with Crippen LogP contribution < -0.4 is 0 Å². The molecule has 0 amide bonds. The molecule has 1 fully saturated rings. The number of hydrogen-bond donors (Lipinski definition) is 1. The van der Waals surface area contributed by atoms with Crippen molar-refractivity contribution in [2.75, 3.05) is 6.61 Å². The van der Waals surface area contributed by atoms with Crippen LogP contribution in [0.5, 0.6) is 0 Å². The second-order valence-corrected chi connectivity index (χ2v) is 6.03. The van der Waals surface area contributed by atoms with Crippen molar-refractivity contribution in [3.8, 4) is 0 Å². The number of aryl methyl sites for hydroxylation is 2. The van der Waals surface area contributed by atoms with E-state index in [0.717, 1.165) is 17.9 Å². The highest BCUT2D eigenvalue weighted by atomic mass is 16.5. The Bertz CT molecular complexity index is 425. The van der Waals surface area contributed by atoms with E-state index in [1.165, 1.54) is 0 Å². The molecule has 0 bridgehead atoms. The third-order valence-corrected chi connectivity index (χ3v) is 3.61. The first kappa shape index (κ1) is 13.6. The van der Waals surface area contributed by atoms with Crippen LogP contribution in [0.1, 0.15) is 45.0 Å². The van der Waals surface area contributed by atoms with Crippen molar-refractivity contribution in [2.24, 2.45) is 0 Å². The summed E-state index contributed by atoms with van der Waals surface area (Å²) in [7, 11) is 0. The maximum atomic E-state index is 10.8. The molecule has 4 heteroatoms. The van der Waals surface area contributed by atoms with Crippen molar-refractivity contribution in [3.63, 3.8) is 0 Å². The minimum atomic E-state index is -0.666. The van der Waals surface area contributed by atoms with E-state index in [9.17, 15) is 5.11 Å². The highest BCUT2D eigenvalue weighted by Gasteiger charge is 2.39. The first-order valence-electron chi connectivity index (χ1n) is 6.73. The summed E-state index contributed by atoms with van der Waals surface area (Å²) in [5, 5.41) is 15.2. The third kappa shape index (κ3) is 2.93. The third-order valence-electron chi connectivity index (χ3n) is 3.61. The first-order valence-corrected chi connectivity index (χ1v) is 6.73. The van der Waals surface area contributed by atoms with Gasteiger partial charge in [0.1, 0.15) is 0 Å². The average Bonchev–Trinajstić information content (AvgIpc) is 2.55. The van der Waals surface area contributed by atoms with Gasteiger partial charge >= 0.3 is 0 Å². The molecule has 1 saturated heterocycles. The van der Waals surface area contributed by atoms with E-state index in [1.807, 2.05) is 25.5 Å². The minimum Gasteiger partial charge on any atom is -0.389 e. The second kappa shape index (κ2) is 4.67. The SMILES string of the molecule is CCn1nc(C)cc1CC1(O)CCOC(C)(C)C1. The maximum Gasteiger partial charge on any atom is 0.0752 e. The lowest BCUT2D eigenvalue weighted by molar-refractivity contribution is -0.143.